The number of nitrogens with zero attached hydrogens (tertiary/aromatic N) is 3. The molecule has 1 aromatic rings. The van der Waals surface area contributed by atoms with Crippen LogP contribution in [0.4, 0.5) is 5.82 Å². The first-order valence-electron chi connectivity index (χ1n) is 5.15. The van der Waals surface area contributed by atoms with Gasteiger partial charge in [-0.3, -0.25) is 4.79 Å². The predicted octanol–water partition coefficient (Wildman–Crippen LogP) is 1.28. The minimum Gasteiger partial charge on any atom is -0.354 e. The molecule has 2 rings (SSSR count). The fourth-order valence-corrected chi connectivity index (χ4v) is 1.91. The summed E-state index contributed by atoms with van der Waals surface area (Å²) in [4.78, 5) is 13.6. The maximum Gasteiger partial charge on any atom is 0.151 e. The van der Waals surface area contributed by atoms with Crippen LogP contribution in [-0.4, -0.2) is 29.1 Å². The van der Waals surface area contributed by atoms with E-state index in [1.807, 2.05) is 19.1 Å². The van der Waals surface area contributed by atoms with E-state index in [1.54, 1.807) is 13.1 Å². The van der Waals surface area contributed by atoms with Gasteiger partial charge in [0.2, 0.25) is 0 Å². The Morgan fingerprint density at radius 2 is 2.40 bits per heavy atom. The van der Waals surface area contributed by atoms with E-state index in [4.69, 9.17) is 0 Å². The van der Waals surface area contributed by atoms with Gasteiger partial charge in [-0.2, -0.15) is 5.10 Å². The molecule has 0 saturated carbocycles. The van der Waals surface area contributed by atoms with Gasteiger partial charge < -0.3 is 4.90 Å². The molecule has 0 amide bonds. The topological polar surface area (TPSA) is 46.1 Å². The first kappa shape index (κ1) is 10.1. The van der Waals surface area contributed by atoms with Gasteiger partial charge in [0.25, 0.3) is 0 Å². The van der Waals surface area contributed by atoms with Crippen molar-refractivity contribution in [2.75, 3.05) is 18.0 Å². The van der Waals surface area contributed by atoms with Crippen LogP contribution in [0.3, 0.4) is 0 Å². The van der Waals surface area contributed by atoms with Gasteiger partial charge in [-0.05, 0) is 25.5 Å². The quantitative estimate of drug-likeness (QED) is 0.729. The number of carbonyl (C=O) groups excluding carboxylic acids is 1. The molecule has 0 N–H and O–H groups in total. The molecule has 0 spiro atoms. The summed E-state index contributed by atoms with van der Waals surface area (Å²) in [5.41, 5.74) is -0.211. The highest BCUT2D eigenvalue weighted by molar-refractivity contribution is 5.83. The van der Waals surface area contributed by atoms with E-state index < -0.39 is 0 Å². The Morgan fingerprint density at radius 1 is 1.60 bits per heavy atom. The molecule has 2 heterocycles. The Bertz CT molecular complexity index is 365. The number of hydrogen-bond donors (Lipinski definition) is 0. The highest BCUT2D eigenvalue weighted by Crippen LogP contribution is 2.32. The molecular formula is C11H15N3O. The second kappa shape index (κ2) is 3.61. The van der Waals surface area contributed by atoms with E-state index in [-0.39, 0.29) is 11.2 Å². The summed E-state index contributed by atoms with van der Waals surface area (Å²) in [6.07, 6.45) is 2.56. The van der Waals surface area contributed by atoms with Gasteiger partial charge in [0.1, 0.15) is 5.78 Å². The van der Waals surface area contributed by atoms with Gasteiger partial charge in [0.15, 0.2) is 5.82 Å². The van der Waals surface area contributed by atoms with Crippen LogP contribution in [0.25, 0.3) is 0 Å². The van der Waals surface area contributed by atoms with Crippen LogP contribution in [0.2, 0.25) is 0 Å². The number of rotatable bonds is 2. The lowest BCUT2D eigenvalue weighted by Gasteiger charge is -2.21. The van der Waals surface area contributed by atoms with Gasteiger partial charge in [0.05, 0.1) is 0 Å². The second-order valence-electron chi connectivity index (χ2n) is 4.37. The molecule has 1 aliphatic rings. The Hall–Kier alpha value is -1.45. The van der Waals surface area contributed by atoms with Crippen molar-refractivity contribution in [2.24, 2.45) is 5.41 Å². The molecule has 4 nitrogen and oxygen atoms in total. The predicted molar refractivity (Wildman–Crippen MR) is 57.7 cm³/mol. The van der Waals surface area contributed by atoms with Crippen molar-refractivity contribution in [1.29, 1.82) is 0 Å². The molecule has 1 fully saturated rings. The number of anilines is 1. The summed E-state index contributed by atoms with van der Waals surface area (Å²) in [6.45, 7) is 5.32. The van der Waals surface area contributed by atoms with E-state index in [2.05, 4.69) is 15.1 Å². The average molecular weight is 205 g/mol. The third kappa shape index (κ3) is 1.84. The van der Waals surface area contributed by atoms with Crippen LogP contribution < -0.4 is 4.90 Å². The molecular weight excluding hydrogens is 190 g/mol. The first-order valence-corrected chi connectivity index (χ1v) is 5.15. The van der Waals surface area contributed by atoms with Gasteiger partial charge >= 0.3 is 0 Å². The molecule has 0 aliphatic carbocycles. The standard InChI is InChI=1S/C11H15N3O/c1-9(15)11(2)5-7-14(8-11)10-4-3-6-12-13-10/h3-4,6H,5,7-8H2,1-2H3. The molecule has 1 aliphatic heterocycles. The summed E-state index contributed by atoms with van der Waals surface area (Å²) in [5, 5.41) is 7.90. The summed E-state index contributed by atoms with van der Waals surface area (Å²) in [7, 11) is 0. The lowest BCUT2D eigenvalue weighted by molar-refractivity contribution is -0.124. The highest BCUT2D eigenvalue weighted by Gasteiger charge is 2.38. The molecule has 0 radical (unpaired) electrons. The third-order valence-electron chi connectivity index (χ3n) is 3.21. The smallest absolute Gasteiger partial charge is 0.151 e. The van der Waals surface area contributed by atoms with Crippen molar-refractivity contribution < 1.29 is 4.79 Å². The summed E-state index contributed by atoms with van der Waals surface area (Å²) in [5.74, 6) is 1.12. The number of carbonyl (C=O) groups is 1. The fraction of sp³-hybridized carbons (Fsp3) is 0.545. The first-order chi connectivity index (χ1) is 7.12. The lowest BCUT2D eigenvalue weighted by Crippen LogP contribution is -2.30. The fourth-order valence-electron chi connectivity index (χ4n) is 1.91. The normalized spacial score (nSPS) is 25.6. The zero-order valence-corrected chi connectivity index (χ0v) is 9.10. The summed E-state index contributed by atoms with van der Waals surface area (Å²) < 4.78 is 0. The van der Waals surface area contributed by atoms with Crippen molar-refractivity contribution in [3.05, 3.63) is 18.3 Å². The van der Waals surface area contributed by atoms with Gasteiger partial charge in [0, 0.05) is 24.7 Å². The van der Waals surface area contributed by atoms with Crippen LogP contribution in [0, 0.1) is 5.41 Å². The van der Waals surface area contributed by atoms with E-state index >= 15 is 0 Å². The Morgan fingerprint density at radius 3 is 2.93 bits per heavy atom. The molecule has 15 heavy (non-hydrogen) atoms. The number of hydrogen-bond acceptors (Lipinski definition) is 4. The molecule has 80 valence electrons. The second-order valence-corrected chi connectivity index (χ2v) is 4.37. The van der Waals surface area contributed by atoms with Crippen LogP contribution in [0.1, 0.15) is 20.3 Å². The molecule has 1 aromatic heterocycles. The van der Waals surface area contributed by atoms with Crippen LogP contribution in [0.15, 0.2) is 18.3 Å². The van der Waals surface area contributed by atoms with Crippen LogP contribution in [-0.2, 0) is 4.79 Å². The number of ketones is 1. The third-order valence-corrected chi connectivity index (χ3v) is 3.21. The van der Waals surface area contributed by atoms with E-state index in [1.165, 1.54) is 0 Å². The van der Waals surface area contributed by atoms with Gasteiger partial charge in [-0.25, -0.2) is 0 Å². The van der Waals surface area contributed by atoms with E-state index in [9.17, 15) is 4.79 Å². The molecule has 1 saturated heterocycles. The summed E-state index contributed by atoms with van der Waals surface area (Å²) >= 11 is 0. The van der Waals surface area contributed by atoms with Crippen LogP contribution in [0.5, 0.6) is 0 Å². The van der Waals surface area contributed by atoms with Crippen molar-refractivity contribution >= 4 is 11.6 Å². The zero-order chi connectivity index (χ0) is 10.9. The van der Waals surface area contributed by atoms with Gasteiger partial charge in [-0.1, -0.05) is 6.92 Å². The van der Waals surface area contributed by atoms with Crippen molar-refractivity contribution in [3.8, 4) is 0 Å². The minimum absolute atomic E-state index is 0.211. The van der Waals surface area contributed by atoms with Crippen molar-refractivity contribution in [2.45, 2.75) is 20.3 Å². The monoisotopic (exact) mass is 205 g/mol. The Balaban J connectivity index is 2.14. The van der Waals surface area contributed by atoms with Crippen molar-refractivity contribution in [1.82, 2.24) is 10.2 Å². The van der Waals surface area contributed by atoms with Gasteiger partial charge in [-0.15, -0.1) is 5.10 Å². The largest absolute Gasteiger partial charge is 0.354 e. The number of Topliss-reactive ketones (excluding diaryl/α,β-unsaturated/α-hetero) is 1. The maximum absolute atomic E-state index is 11.5. The highest BCUT2D eigenvalue weighted by atomic mass is 16.1. The summed E-state index contributed by atoms with van der Waals surface area (Å²) in [6, 6.07) is 3.80. The van der Waals surface area contributed by atoms with Crippen LogP contribution >= 0.6 is 0 Å². The zero-order valence-electron chi connectivity index (χ0n) is 9.10. The minimum atomic E-state index is -0.211. The molecule has 1 unspecified atom stereocenters. The SMILES string of the molecule is CC(=O)C1(C)CCN(c2cccnn2)C1. The lowest BCUT2D eigenvalue weighted by atomic mass is 9.86. The molecule has 0 bridgehead atoms. The number of aromatic nitrogens is 2. The maximum atomic E-state index is 11.5. The Labute approximate surface area is 89.3 Å². The molecule has 1 atom stereocenters. The average Bonchev–Trinajstić information content (AvgIpc) is 2.64. The van der Waals surface area contributed by atoms with E-state index in [0.717, 1.165) is 25.3 Å². The molecule has 4 heteroatoms. The molecule has 0 aromatic carbocycles. The Kier molecular flexibility index (Phi) is 2.42. The van der Waals surface area contributed by atoms with Crippen molar-refractivity contribution in [3.63, 3.8) is 0 Å². The van der Waals surface area contributed by atoms with E-state index in [0.29, 0.717) is 0 Å².